The lowest BCUT2D eigenvalue weighted by molar-refractivity contribution is -0.137. The third-order valence-corrected chi connectivity index (χ3v) is 5.49. The fourth-order valence-electron chi connectivity index (χ4n) is 3.05. The quantitative estimate of drug-likeness (QED) is 0.403. The van der Waals surface area contributed by atoms with Crippen molar-refractivity contribution < 1.29 is 18.0 Å². The molecule has 4 aromatic rings. The van der Waals surface area contributed by atoms with E-state index in [-0.39, 0.29) is 11.4 Å². The maximum atomic E-state index is 12.9. The average Bonchev–Trinajstić information content (AvgIpc) is 3.43. The van der Waals surface area contributed by atoms with Crippen LogP contribution in [0.3, 0.4) is 0 Å². The van der Waals surface area contributed by atoms with Crippen LogP contribution in [0.4, 0.5) is 18.9 Å². The van der Waals surface area contributed by atoms with Crippen molar-refractivity contribution in [2.45, 2.75) is 17.9 Å². The van der Waals surface area contributed by atoms with Gasteiger partial charge >= 0.3 is 6.18 Å². The van der Waals surface area contributed by atoms with Gasteiger partial charge in [-0.25, -0.2) is 0 Å². The number of nitrogens with one attached hydrogen (secondary N) is 1. The first-order valence-corrected chi connectivity index (χ1v) is 10.6. The van der Waals surface area contributed by atoms with Gasteiger partial charge in [-0.2, -0.15) is 13.2 Å². The van der Waals surface area contributed by atoms with Crippen LogP contribution in [0, 0.1) is 0 Å². The van der Waals surface area contributed by atoms with Gasteiger partial charge in [0.2, 0.25) is 11.9 Å². The van der Waals surface area contributed by atoms with Crippen molar-refractivity contribution in [3.8, 4) is 5.95 Å². The molecule has 2 aromatic carbocycles. The minimum atomic E-state index is -4.47. The van der Waals surface area contributed by atoms with Crippen LogP contribution < -0.4 is 5.32 Å². The second-order valence-electron chi connectivity index (χ2n) is 6.86. The molecule has 164 valence electrons. The summed E-state index contributed by atoms with van der Waals surface area (Å²) in [4.78, 5) is 12.4. The Labute approximate surface area is 186 Å². The smallest absolute Gasteiger partial charge is 0.325 e. The topological polar surface area (TPSA) is 64.7 Å². The van der Waals surface area contributed by atoms with Crippen LogP contribution >= 0.6 is 11.8 Å². The van der Waals surface area contributed by atoms with Crippen molar-refractivity contribution in [2.75, 3.05) is 11.1 Å². The minimum Gasteiger partial charge on any atom is -0.325 e. The van der Waals surface area contributed by atoms with Crippen LogP contribution in [0.15, 0.2) is 84.3 Å². The van der Waals surface area contributed by atoms with Gasteiger partial charge in [-0.05, 0) is 35.9 Å². The van der Waals surface area contributed by atoms with Gasteiger partial charge in [0.15, 0.2) is 5.16 Å². The second kappa shape index (κ2) is 9.31. The molecule has 0 aliphatic rings. The van der Waals surface area contributed by atoms with Crippen molar-refractivity contribution in [1.29, 1.82) is 0 Å². The van der Waals surface area contributed by atoms with E-state index in [1.54, 1.807) is 0 Å². The number of carbonyl (C=O) groups is 1. The summed E-state index contributed by atoms with van der Waals surface area (Å²) >= 11 is 1.16. The number of amides is 1. The van der Waals surface area contributed by atoms with Crippen LogP contribution in [0.5, 0.6) is 0 Å². The molecule has 0 atom stereocenters. The van der Waals surface area contributed by atoms with Crippen molar-refractivity contribution in [3.05, 3.63) is 90.3 Å². The predicted octanol–water partition coefficient (Wildman–Crippen LogP) is 4.87. The fourth-order valence-corrected chi connectivity index (χ4v) is 3.78. The first kappa shape index (κ1) is 21.7. The lowest BCUT2D eigenvalue weighted by Crippen LogP contribution is -2.16. The minimum absolute atomic E-state index is 0.0329. The maximum Gasteiger partial charge on any atom is 0.416 e. The van der Waals surface area contributed by atoms with Gasteiger partial charge in [0, 0.05) is 18.1 Å². The number of carbonyl (C=O) groups excluding carboxylic acids is 1. The van der Waals surface area contributed by atoms with E-state index in [9.17, 15) is 18.0 Å². The monoisotopic (exact) mass is 457 g/mol. The molecule has 10 heteroatoms. The normalized spacial score (nSPS) is 11.5. The second-order valence-corrected chi connectivity index (χ2v) is 7.80. The number of benzene rings is 2. The molecular formula is C22H18F3N5OS. The lowest BCUT2D eigenvalue weighted by Gasteiger charge is -2.11. The molecule has 6 nitrogen and oxygen atoms in total. The molecular weight excluding hydrogens is 439 g/mol. The van der Waals surface area contributed by atoms with Crippen molar-refractivity contribution >= 4 is 23.4 Å². The lowest BCUT2D eigenvalue weighted by atomic mass is 10.2. The zero-order valence-electron chi connectivity index (χ0n) is 16.7. The summed E-state index contributed by atoms with van der Waals surface area (Å²) in [6.45, 7) is 0.499. The molecule has 0 unspecified atom stereocenters. The SMILES string of the molecule is O=C(CSc1nnc(-n2cccc2)n1Cc1ccccc1)Nc1cccc(C(F)(F)F)c1. The highest BCUT2D eigenvalue weighted by Crippen LogP contribution is 2.30. The Hall–Kier alpha value is -3.53. The zero-order valence-corrected chi connectivity index (χ0v) is 17.5. The number of aromatic nitrogens is 4. The molecule has 0 aliphatic carbocycles. The van der Waals surface area contributed by atoms with Crippen molar-refractivity contribution in [2.24, 2.45) is 0 Å². The van der Waals surface area contributed by atoms with Crippen LogP contribution in [-0.4, -0.2) is 31.0 Å². The molecule has 4 rings (SSSR count). The number of rotatable bonds is 7. The summed E-state index contributed by atoms with van der Waals surface area (Å²) in [7, 11) is 0. The van der Waals surface area contributed by atoms with Gasteiger partial charge in [0.05, 0.1) is 17.9 Å². The van der Waals surface area contributed by atoms with Gasteiger partial charge in [0.25, 0.3) is 0 Å². The van der Waals surface area contributed by atoms with E-state index in [2.05, 4.69) is 15.5 Å². The molecule has 1 amide bonds. The number of hydrogen-bond donors (Lipinski definition) is 1. The molecule has 2 aromatic heterocycles. The van der Waals surface area contributed by atoms with E-state index in [0.29, 0.717) is 17.6 Å². The summed E-state index contributed by atoms with van der Waals surface area (Å²) in [6.07, 6.45) is -0.779. The molecule has 32 heavy (non-hydrogen) atoms. The maximum absolute atomic E-state index is 12.9. The van der Waals surface area contributed by atoms with Gasteiger partial charge in [-0.3, -0.25) is 13.9 Å². The molecule has 0 radical (unpaired) electrons. The highest BCUT2D eigenvalue weighted by molar-refractivity contribution is 7.99. The summed E-state index contributed by atoms with van der Waals surface area (Å²) in [6, 6.07) is 18.0. The van der Waals surface area contributed by atoms with Crippen LogP contribution in [0.1, 0.15) is 11.1 Å². The van der Waals surface area contributed by atoms with Gasteiger partial charge in [0.1, 0.15) is 0 Å². The predicted molar refractivity (Wildman–Crippen MR) is 116 cm³/mol. The van der Waals surface area contributed by atoms with Gasteiger partial charge < -0.3 is 5.32 Å². The van der Waals surface area contributed by atoms with E-state index in [0.717, 1.165) is 29.5 Å². The number of halogens is 3. The van der Waals surface area contributed by atoms with E-state index >= 15 is 0 Å². The first-order valence-electron chi connectivity index (χ1n) is 9.60. The average molecular weight is 457 g/mol. The summed E-state index contributed by atoms with van der Waals surface area (Å²) in [5.41, 5.74) is 0.308. The fraction of sp³-hybridized carbons (Fsp3) is 0.136. The Morgan fingerprint density at radius 2 is 1.72 bits per heavy atom. The Balaban J connectivity index is 1.49. The van der Waals surface area contributed by atoms with Gasteiger partial charge in [-0.15, -0.1) is 10.2 Å². The molecule has 0 spiro atoms. The number of thioether (sulfide) groups is 1. The van der Waals surface area contributed by atoms with Crippen LogP contribution in [-0.2, 0) is 17.5 Å². The molecule has 0 saturated heterocycles. The summed E-state index contributed by atoms with van der Waals surface area (Å²) in [5, 5.41) is 11.5. The number of anilines is 1. The third-order valence-electron chi connectivity index (χ3n) is 4.52. The van der Waals surface area contributed by atoms with E-state index < -0.39 is 17.6 Å². The molecule has 2 heterocycles. The van der Waals surface area contributed by atoms with Crippen LogP contribution in [0.25, 0.3) is 5.95 Å². The third kappa shape index (κ3) is 5.20. The molecule has 0 bridgehead atoms. The zero-order chi connectivity index (χ0) is 22.6. The molecule has 0 aliphatic heterocycles. The highest BCUT2D eigenvalue weighted by atomic mass is 32.2. The van der Waals surface area contributed by atoms with Gasteiger partial charge in [-0.1, -0.05) is 48.2 Å². The standard InChI is InChI=1S/C22H18F3N5OS/c23-22(24,25)17-9-6-10-18(13-17)26-19(31)15-32-21-28-27-20(29-11-4-5-12-29)30(21)14-16-7-2-1-3-8-16/h1-13H,14-15H2,(H,26,31). The Bertz CT molecular complexity index is 1190. The number of nitrogens with zero attached hydrogens (tertiary/aromatic N) is 4. The van der Waals surface area contributed by atoms with E-state index in [4.69, 9.17) is 0 Å². The molecule has 0 fully saturated rings. The Morgan fingerprint density at radius 1 is 0.969 bits per heavy atom. The van der Waals surface area contributed by atoms with E-state index in [1.807, 2.05) is 64.0 Å². The summed E-state index contributed by atoms with van der Waals surface area (Å²) < 4.78 is 42.3. The van der Waals surface area contributed by atoms with Crippen molar-refractivity contribution in [3.63, 3.8) is 0 Å². The number of alkyl halides is 3. The molecule has 1 N–H and O–H groups in total. The van der Waals surface area contributed by atoms with Crippen LogP contribution in [0.2, 0.25) is 0 Å². The molecule has 0 saturated carbocycles. The summed E-state index contributed by atoms with van der Waals surface area (Å²) in [5.74, 6) is 0.125. The first-order chi connectivity index (χ1) is 15.4. The number of hydrogen-bond acceptors (Lipinski definition) is 4. The Kier molecular flexibility index (Phi) is 6.31. The highest BCUT2D eigenvalue weighted by Gasteiger charge is 2.30. The van der Waals surface area contributed by atoms with Crippen molar-refractivity contribution in [1.82, 2.24) is 19.3 Å². The van der Waals surface area contributed by atoms with E-state index in [1.165, 1.54) is 12.1 Å². The Morgan fingerprint density at radius 3 is 2.44 bits per heavy atom. The largest absolute Gasteiger partial charge is 0.416 e.